The van der Waals surface area contributed by atoms with Gasteiger partial charge in [-0.2, -0.15) is 11.8 Å². The molecule has 4 rings (SSSR count). The van der Waals surface area contributed by atoms with Gasteiger partial charge in [0.1, 0.15) is 5.78 Å². The molecular weight excluding hydrogens is 260 g/mol. The molecule has 0 aliphatic carbocycles. The van der Waals surface area contributed by atoms with Gasteiger partial charge in [0.25, 0.3) is 0 Å². The molecule has 0 aromatic carbocycles. The van der Waals surface area contributed by atoms with Crippen molar-refractivity contribution in [3.05, 3.63) is 0 Å². The molecule has 4 heteroatoms. The molecule has 4 saturated heterocycles. The van der Waals surface area contributed by atoms with E-state index in [1.54, 1.807) is 0 Å². The van der Waals surface area contributed by atoms with Crippen molar-refractivity contribution < 1.29 is 14.3 Å². The molecule has 4 heterocycles. The number of Topliss-reactive ketones (excluding diaryl/α,β-unsaturated/α-hetero) is 1. The summed E-state index contributed by atoms with van der Waals surface area (Å²) in [5.41, 5.74) is 0.0295. The molecule has 5 unspecified atom stereocenters. The van der Waals surface area contributed by atoms with E-state index in [9.17, 15) is 4.79 Å². The molecule has 4 fully saturated rings. The van der Waals surface area contributed by atoms with Crippen LogP contribution >= 0.6 is 11.8 Å². The third-order valence-electron chi connectivity index (χ3n) is 5.43. The summed E-state index contributed by atoms with van der Waals surface area (Å²) in [7, 11) is 0. The van der Waals surface area contributed by atoms with Crippen LogP contribution in [0.3, 0.4) is 0 Å². The van der Waals surface area contributed by atoms with E-state index < -0.39 is 0 Å². The van der Waals surface area contributed by atoms with E-state index >= 15 is 0 Å². The Morgan fingerprint density at radius 2 is 2.21 bits per heavy atom. The van der Waals surface area contributed by atoms with Crippen molar-refractivity contribution in [1.29, 1.82) is 0 Å². The molecule has 19 heavy (non-hydrogen) atoms. The second kappa shape index (κ2) is 4.74. The average Bonchev–Trinajstić information content (AvgIpc) is 3.14. The lowest BCUT2D eigenvalue weighted by Gasteiger charge is -2.38. The quantitative estimate of drug-likeness (QED) is 0.779. The number of rotatable bonds is 2. The normalized spacial score (nSPS) is 49.1. The van der Waals surface area contributed by atoms with Crippen LogP contribution in [0.1, 0.15) is 38.5 Å². The summed E-state index contributed by atoms with van der Waals surface area (Å²) in [6, 6.07) is 0. The molecule has 0 radical (unpaired) electrons. The minimum atomic E-state index is 0.0295. The first-order valence-corrected chi connectivity index (χ1v) is 8.82. The molecule has 2 bridgehead atoms. The fourth-order valence-corrected chi connectivity index (χ4v) is 5.75. The van der Waals surface area contributed by atoms with E-state index in [2.05, 4.69) is 0 Å². The average molecular weight is 282 g/mol. The predicted molar refractivity (Wildman–Crippen MR) is 74.4 cm³/mol. The van der Waals surface area contributed by atoms with E-state index in [4.69, 9.17) is 9.47 Å². The zero-order chi connectivity index (χ0) is 12.9. The fourth-order valence-electron chi connectivity index (χ4n) is 4.37. The van der Waals surface area contributed by atoms with Crippen LogP contribution in [0.15, 0.2) is 0 Å². The number of fused-ring (bicyclic) bond motifs is 2. The summed E-state index contributed by atoms with van der Waals surface area (Å²) in [6.07, 6.45) is 6.92. The van der Waals surface area contributed by atoms with E-state index in [0.717, 1.165) is 44.5 Å². The fraction of sp³-hybridized carbons (Fsp3) is 0.933. The second-order valence-electron chi connectivity index (χ2n) is 6.64. The van der Waals surface area contributed by atoms with Gasteiger partial charge in [0.15, 0.2) is 0 Å². The molecule has 106 valence electrons. The largest absolute Gasteiger partial charge is 0.374 e. The van der Waals surface area contributed by atoms with Gasteiger partial charge < -0.3 is 9.47 Å². The highest BCUT2D eigenvalue weighted by Crippen LogP contribution is 2.45. The summed E-state index contributed by atoms with van der Waals surface area (Å²) in [5.74, 6) is 3.21. The first kappa shape index (κ1) is 12.7. The SMILES string of the molecule is O=C(C1CCOC2(CCSC2)C1)C1CC2CCC1O2. The number of hydrogen-bond acceptors (Lipinski definition) is 4. The van der Waals surface area contributed by atoms with Crippen molar-refractivity contribution in [3.8, 4) is 0 Å². The highest BCUT2D eigenvalue weighted by Gasteiger charge is 2.49. The summed E-state index contributed by atoms with van der Waals surface area (Å²) in [5, 5.41) is 0. The topological polar surface area (TPSA) is 35.5 Å². The van der Waals surface area contributed by atoms with Gasteiger partial charge in [0.2, 0.25) is 0 Å². The van der Waals surface area contributed by atoms with Crippen molar-refractivity contribution in [2.75, 3.05) is 18.1 Å². The summed E-state index contributed by atoms with van der Waals surface area (Å²) >= 11 is 1.98. The van der Waals surface area contributed by atoms with Crippen molar-refractivity contribution in [2.45, 2.75) is 56.3 Å². The van der Waals surface area contributed by atoms with Gasteiger partial charge in [-0.1, -0.05) is 0 Å². The lowest BCUT2D eigenvalue weighted by Crippen LogP contribution is -2.44. The van der Waals surface area contributed by atoms with Crippen LogP contribution in [0, 0.1) is 11.8 Å². The Labute approximate surface area is 118 Å². The van der Waals surface area contributed by atoms with Gasteiger partial charge in [0.05, 0.1) is 17.8 Å². The molecule has 0 N–H and O–H groups in total. The van der Waals surface area contributed by atoms with E-state index in [1.165, 1.54) is 12.2 Å². The number of ketones is 1. The van der Waals surface area contributed by atoms with Crippen LogP contribution in [0.2, 0.25) is 0 Å². The molecule has 0 amide bonds. The number of thioether (sulfide) groups is 1. The van der Waals surface area contributed by atoms with E-state index in [-0.39, 0.29) is 23.5 Å². The van der Waals surface area contributed by atoms with Gasteiger partial charge in [0, 0.05) is 24.2 Å². The standard InChI is InChI=1S/C15H22O3S/c16-14(12-7-11-1-2-13(12)18-11)10-3-5-17-15(8-10)4-6-19-9-15/h10-13H,1-9H2. The van der Waals surface area contributed by atoms with Gasteiger partial charge in [-0.3, -0.25) is 4.79 Å². The number of ether oxygens (including phenoxy) is 2. The van der Waals surface area contributed by atoms with Crippen molar-refractivity contribution in [2.24, 2.45) is 11.8 Å². The highest BCUT2D eigenvalue weighted by atomic mass is 32.2. The van der Waals surface area contributed by atoms with Crippen LogP contribution in [0.4, 0.5) is 0 Å². The third kappa shape index (κ3) is 2.16. The number of carbonyl (C=O) groups excluding carboxylic acids is 1. The monoisotopic (exact) mass is 282 g/mol. The Morgan fingerprint density at radius 1 is 1.26 bits per heavy atom. The molecule has 4 aliphatic rings. The Balaban J connectivity index is 1.45. The molecule has 4 aliphatic heterocycles. The van der Waals surface area contributed by atoms with Crippen LogP contribution in [-0.4, -0.2) is 41.7 Å². The first-order chi connectivity index (χ1) is 9.26. The predicted octanol–water partition coefficient (Wildman–Crippen LogP) is 2.43. The van der Waals surface area contributed by atoms with Crippen LogP contribution in [0.5, 0.6) is 0 Å². The zero-order valence-corrected chi connectivity index (χ0v) is 12.1. The Hall–Kier alpha value is -0.0600. The maximum Gasteiger partial charge on any atom is 0.141 e. The zero-order valence-electron chi connectivity index (χ0n) is 11.3. The molecule has 3 nitrogen and oxygen atoms in total. The minimum Gasteiger partial charge on any atom is -0.374 e. The maximum absolute atomic E-state index is 12.8. The molecule has 0 saturated carbocycles. The van der Waals surface area contributed by atoms with Gasteiger partial charge in [-0.05, 0) is 44.3 Å². The summed E-state index contributed by atoms with van der Waals surface area (Å²) in [6.45, 7) is 0.776. The first-order valence-electron chi connectivity index (χ1n) is 7.67. The van der Waals surface area contributed by atoms with Gasteiger partial charge in [-0.15, -0.1) is 0 Å². The second-order valence-corrected chi connectivity index (χ2v) is 7.75. The van der Waals surface area contributed by atoms with Gasteiger partial charge >= 0.3 is 0 Å². The van der Waals surface area contributed by atoms with Crippen molar-refractivity contribution in [1.82, 2.24) is 0 Å². The third-order valence-corrected chi connectivity index (χ3v) is 6.66. The van der Waals surface area contributed by atoms with E-state index in [1.807, 2.05) is 11.8 Å². The van der Waals surface area contributed by atoms with Crippen molar-refractivity contribution in [3.63, 3.8) is 0 Å². The molecule has 0 aromatic heterocycles. The van der Waals surface area contributed by atoms with Crippen LogP contribution in [-0.2, 0) is 14.3 Å². The Bertz CT molecular complexity index is 378. The Morgan fingerprint density at radius 3 is 2.89 bits per heavy atom. The lowest BCUT2D eigenvalue weighted by atomic mass is 9.75. The Kier molecular flexibility index (Phi) is 3.16. The van der Waals surface area contributed by atoms with Crippen molar-refractivity contribution >= 4 is 17.5 Å². The summed E-state index contributed by atoms with van der Waals surface area (Å²) in [4.78, 5) is 12.8. The molecular formula is C15H22O3S. The minimum absolute atomic E-state index is 0.0295. The molecule has 0 aromatic rings. The smallest absolute Gasteiger partial charge is 0.141 e. The lowest BCUT2D eigenvalue weighted by molar-refractivity contribution is -0.139. The summed E-state index contributed by atoms with van der Waals surface area (Å²) < 4.78 is 11.9. The number of carbonyl (C=O) groups is 1. The number of hydrogen-bond donors (Lipinski definition) is 0. The molecule has 1 spiro atoms. The van der Waals surface area contributed by atoms with Crippen LogP contribution < -0.4 is 0 Å². The van der Waals surface area contributed by atoms with Crippen LogP contribution in [0.25, 0.3) is 0 Å². The maximum atomic E-state index is 12.8. The molecule has 5 atom stereocenters. The van der Waals surface area contributed by atoms with E-state index in [0.29, 0.717) is 11.9 Å². The van der Waals surface area contributed by atoms with Gasteiger partial charge in [-0.25, -0.2) is 0 Å². The highest BCUT2D eigenvalue weighted by molar-refractivity contribution is 7.99.